The van der Waals surface area contributed by atoms with Crippen molar-refractivity contribution in [3.8, 4) is 0 Å². The molecule has 1 fully saturated rings. The molecule has 0 bridgehead atoms. The summed E-state index contributed by atoms with van der Waals surface area (Å²) in [7, 11) is -1.83. The van der Waals surface area contributed by atoms with E-state index in [0.717, 1.165) is 31.2 Å². The van der Waals surface area contributed by atoms with Gasteiger partial charge < -0.3 is 9.88 Å². The smallest absolute Gasteiger partial charge is 0.267 e. The Kier molecular flexibility index (Phi) is 6.01. The predicted octanol–water partition coefficient (Wildman–Crippen LogP) is 2.48. The maximum Gasteiger partial charge on any atom is 0.267 e. The van der Waals surface area contributed by atoms with Crippen LogP contribution in [0.4, 0.5) is 0 Å². The summed E-state index contributed by atoms with van der Waals surface area (Å²) in [6.07, 6.45) is 3.57. The maximum atomic E-state index is 13.0. The van der Waals surface area contributed by atoms with Gasteiger partial charge >= 0.3 is 0 Å². The van der Waals surface area contributed by atoms with E-state index >= 15 is 0 Å². The van der Waals surface area contributed by atoms with E-state index in [0.29, 0.717) is 31.0 Å². The third-order valence-electron chi connectivity index (χ3n) is 5.20. The van der Waals surface area contributed by atoms with Crippen molar-refractivity contribution >= 4 is 15.9 Å². The van der Waals surface area contributed by atoms with Crippen LogP contribution in [0.1, 0.15) is 41.0 Å². The SMILES string of the molecule is Cc1c(S(=O)(=O)N2CCCCC2)cc(C(=O)NCCc2ccccc2)n1C. The number of amides is 1. The first kappa shape index (κ1) is 19.6. The third-order valence-corrected chi connectivity index (χ3v) is 7.21. The second-order valence-corrected chi connectivity index (χ2v) is 8.90. The van der Waals surface area contributed by atoms with Gasteiger partial charge in [0.15, 0.2) is 0 Å². The number of nitrogens with zero attached hydrogens (tertiary/aromatic N) is 2. The minimum atomic E-state index is -3.56. The number of carbonyl (C=O) groups excluding carboxylic acids is 1. The zero-order valence-corrected chi connectivity index (χ0v) is 16.8. The molecular formula is C20H27N3O3S. The molecule has 1 aliphatic heterocycles. The van der Waals surface area contributed by atoms with Crippen LogP contribution < -0.4 is 5.32 Å². The number of rotatable bonds is 6. The molecule has 3 rings (SSSR count). The number of nitrogens with one attached hydrogen (secondary N) is 1. The van der Waals surface area contributed by atoms with E-state index in [-0.39, 0.29) is 10.8 Å². The molecule has 6 nitrogen and oxygen atoms in total. The average molecular weight is 390 g/mol. The lowest BCUT2D eigenvalue weighted by Crippen LogP contribution is -2.35. The standard InChI is InChI=1S/C20H27N3O3S/c1-16-19(27(25,26)23-13-7-4-8-14-23)15-18(22(16)2)20(24)21-12-11-17-9-5-3-6-10-17/h3,5-6,9-10,15H,4,7-8,11-14H2,1-2H3,(H,21,24). The molecule has 0 saturated carbocycles. The summed E-state index contributed by atoms with van der Waals surface area (Å²) in [4.78, 5) is 12.8. The van der Waals surface area contributed by atoms with E-state index in [1.54, 1.807) is 18.5 Å². The van der Waals surface area contributed by atoms with Crippen LogP contribution in [0.2, 0.25) is 0 Å². The van der Waals surface area contributed by atoms with E-state index in [9.17, 15) is 13.2 Å². The fourth-order valence-corrected chi connectivity index (χ4v) is 5.24. The average Bonchev–Trinajstić information content (AvgIpc) is 2.99. The van der Waals surface area contributed by atoms with Gasteiger partial charge in [-0.05, 0) is 37.8 Å². The van der Waals surface area contributed by atoms with E-state index in [1.165, 1.54) is 10.4 Å². The van der Waals surface area contributed by atoms with Crippen LogP contribution in [0, 0.1) is 6.92 Å². The van der Waals surface area contributed by atoms with Crippen molar-refractivity contribution in [3.05, 3.63) is 53.3 Å². The van der Waals surface area contributed by atoms with Crippen molar-refractivity contribution in [1.29, 1.82) is 0 Å². The maximum absolute atomic E-state index is 13.0. The van der Waals surface area contributed by atoms with Gasteiger partial charge in [0.05, 0.1) is 0 Å². The van der Waals surface area contributed by atoms with Gasteiger partial charge in [0.25, 0.3) is 5.91 Å². The molecular weight excluding hydrogens is 362 g/mol. The number of carbonyl (C=O) groups is 1. The fraction of sp³-hybridized carbons (Fsp3) is 0.450. The Morgan fingerprint density at radius 2 is 1.78 bits per heavy atom. The Labute approximate surface area is 161 Å². The van der Waals surface area contributed by atoms with Crippen LogP contribution in [-0.2, 0) is 23.5 Å². The third kappa shape index (κ3) is 4.25. The molecule has 1 aromatic heterocycles. The number of benzene rings is 1. The molecule has 1 saturated heterocycles. The summed E-state index contributed by atoms with van der Waals surface area (Å²) in [6.45, 7) is 3.35. The summed E-state index contributed by atoms with van der Waals surface area (Å²) in [5.74, 6) is -0.253. The molecule has 146 valence electrons. The molecule has 1 aromatic carbocycles. The first-order valence-corrected chi connectivity index (χ1v) is 10.8. The van der Waals surface area contributed by atoms with E-state index in [2.05, 4.69) is 5.32 Å². The van der Waals surface area contributed by atoms with Crippen molar-refractivity contribution in [2.75, 3.05) is 19.6 Å². The Bertz CT molecular complexity index is 898. The van der Waals surface area contributed by atoms with Crippen LogP contribution in [0.5, 0.6) is 0 Å². The normalized spacial score (nSPS) is 15.6. The largest absolute Gasteiger partial charge is 0.350 e. The number of piperidine rings is 1. The molecule has 0 aliphatic carbocycles. The summed E-state index contributed by atoms with van der Waals surface area (Å²) in [6, 6.07) is 11.4. The van der Waals surface area contributed by atoms with Gasteiger partial charge in [0.1, 0.15) is 10.6 Å². The van der Waals surface area contributed by atoms with Gasteiger partial charge in [-0.3, -0.25) is 4.79 Å². The van der Waals surface area contributed by atoms with E-state index in [4.69, 9.17) is 0 Å². The molecule has 7 heteroatoms. The second kappa shape index (κ2) is 8.27. The highest BCUT2D eigenvalue weighted by molar-refractivity contribution is 7.89. The molecule has 1 N–H and O–H groups in total. The topological polar surface area (TPSA) is 71.4 Å². The zero-order valence-electron chi connectivity index (χ0n) is 15.9. The molecule has 1 amide bonds. The monoisotopic (exact) mass is 389 g/mol. The number of hydrogen-bond donors (Lipinski definition) is 1. The lowest BCUT2D eigenvalue weighted by atomic mass is 10.1. The van der Waals surface area contributed by atoms with Crippen LogP contribution in [0.25, 0.3) is 0 Å². The quantitative estimate of drug-likeness (QED) is 0.825. The highest BCUT2D eigenvalue weighted by Gasteiger charge is 2.30. The number of sulfonamides is 1. The zero-order chi connectivity index (χ0) is 19.4. The Hall–Kier alpha value is -2.12. The molecule has 0 radical (unpaired) electrons. The van der Waals surface area contributed by atoms with Gasteiger partial charge in [-0.1, -0.05) is 36.8 Å². The van der Waals surface area contributed by atoms with Gasteiger partial charge in [-0.15, -0.1) is 0 Å². The molecule has 1 aliphatic rings. The summed E-state index contributed by atoms with van der Waals surface area (Å²) >= 11 is 0. The van der Waals surface area contributed by atoms with Gasteiger partial charge in [-0.25, -0.2) is 8.42 Å². The summed E-state index contributed by atoms with van der Waals surface area (Å²) in [5, 5.41) is 2.89. The lowest BCUT2D eigenvalue weighted by molar-refractivity contribution is 0.0946. The molecule has 0 atom stereocenters. The fourth-order valence-electron chi connectivity index (χ4n) is 3.45. The molecule has 27 heavy (non-hydrogen) atoms. The molecule has 0 spiro atoms. The number of aromatic nitrogens is 1. The van der Waals surface area contributed by atoms with Crippen molar-refractivity contribution in [3.63, 3.8) is 0 Å². The van der Waals surface area contributed by atoms with Crippen molar-refractivity contribution in [1.82, 2.24) is 14.2 Å². The highest BCUT2D eigenvalue weighted by atomic mass is 32.2. The van der Waals surface area contributed by atoms with Crippen LogP contribution in [0.15, 0.2) is 41.3 Å². The van der Waals surface area contributed by atoms with E-state index in [1.807, 2.05) is 30.3 Å². The number of hydrogen-bond acceptors (Lipinski definition) is 3. The minimum absolute atomic E-state index is 0.236. The predicted molar refractivity (Wildman–Crippen MR) is 105 cm³/mol. The van der Waals surface area contributed by atoms with Gasteiger partial charge in [-0.2, -0.15) is 4.31 Å². The molecule has 0 unspecified atom stereocenters. The highest BCUT2D eigenvalue weighted by Crippen LogP contribution is 2.25. The Morgan fingerprint density at radius 1 is 1.11 bits per heavy atom. The van der Waals surface area contributed by atoms with Crippen molar-refractivity contribution in [2.24, 2.45) is 7.05 Å². The Balaban J connectivity index is 1.73. The van der Waals surface area contributed by atoms with Crippen molar-refractivity contribution in [2.45, 2.75) is 37.5 Å². The van der Waals surface area contributed by atoms with Crippen LogP contribution in [0.3, 0.4) is 0 Å². The first-order valence-electron chi connectivity index (χ1n) is 9.40. The molecule has 2 heterocycles. The van der Waals surface area contributed by atoms with Gasteiger partial charge in [0.2, 0.25) is 10.0 Å². The van der Waals surface area contributed by atoms with E-state index < -0.39 is 10.0 Å². The summed E-state index contributed by atoms with van der Waals surface area (Å²) in [5.41, 5.74) is 2.11. The Morgan fingerprint density at radius 3 is 2.44 bits per heavy atom. The summed E-state index contributed by atoms with van der Waals surface area (Å²) < 4.78 is 29.2. The minimum Gasteiger partial charge on any atom is -0.350 e. The second-order valence-electron chi connectivity index (χ2n) is 6.99. The molecule has 2 aromatic rings. The van der Waals surface area contributed by atoms with Crippen molar-refractivity contribution < 1.29 is 13.2 Å². The van der Waals surface area contributed by atoms with Gasteiger partial charge in [0, 0.05) is 32.4 Å². The first-order chi connectivity index (χ1) is 12.9. The lowest BCUT2D eigenvalue weighted by Gasteiger charge is -2.25. The van der Waals surface area contributed by atoms with Crippen LogP contribution in [-0.4, -0.2) is 42.8 Å². The van der Waals surface area contributed by atoms with Crippen LogP contribution >= 0.6 is 0 Å².